The molecule has 1 atom stereocenters. The van der Waals surface area contributed by atoms with E-state index in [0.29, 0.717) is 30.1 Å². The van der Waals surface area contributed by atoms with Crippen molar-refractivity contribution < 1.29 is 13.9 Å². The second kappa shape index (κ2) is 8.26. The summed E-state index contributed by atoms with van der Waals surface area (Å²) in [5, 5.41) is 5.65. The highest BCUT2D eigenvalue weighted by molar-refractivity contribution is 5.93. The maximum absolute atomic E-state index is 14.9. The molecule has 5 rings (SSSR count). The van der Waals surface area contributed by atoms with E-state index in [1.165, 1.54) is 12.1 Å². The molecule has 1 aliphatic rings. The lowest BCUT2D eigenvalue weighted by Crippen LogP contribution is -2.27. The van der Waals surface area contributed by atoms with Crippen molar-refractivity contribution in [3.63, 3.8) is 0 Å². The minimum absolute atomic E-state index is 0.0306. The molecule has 0 radical (unpaired) electrons. The van der Waals surface area contributed by atoms with Gasteiger partial charge in [-0.25, -0.2) is 4.39 Å². The predicted octanol–water partition coefficient (Wildman–Crippen LogP) is 4.99. The van der Waals surface area contributed by atoms with Gasteiger partial charge in [0.2, 0.25) is 5.91 Å². The van der Waals surface area contributed by atoms with Crippen LogP contribution in [0.25, 0.3) is 22.2 Å². The fraction of sp³-hybridized carbons (Fsp3) is 0.160. The van der Waals surface area contributed by atoms with Gasteiger partial charge in [0, 0.05) is 36.4 Å². The Labute approximate surface area is 184 Å². The summed E-state index contributed by atoms with van der Waals surface area (Å²) in [6, 6.07) is 15.8. The van der Waals surface area contributed by atoms with Gasteiger partial charge < -0.3 is 9.64 Å². The van der Waals surface area contributed by atoms with E-state index in [2.05, 4.69) is 11.6 Å². The van der Waals surface area contributed by atoms with Crippen molar-refractivity contribution >= 4 is 16.8 Å². The van der Waals surface area contributed by atoms with Crippen LogP contribution in [0.3, 0.4) is 0 Å². The van der Waals surface area contributed by atoms with Gasteiger partial charge in [-0.05, 0) is 48.9 Å². The smallest absolute Gasteiger partial charge is 0.246 e. The van der Waals surface area contributed by atoms with Crippen molar-refractivity contribution in [3.05, 3.63) is 85.5 Å². The average Bonchev–Trinajstić information content (AvgIpc) is 3.46. The van der Waals surface area contributed by atoms with Crippen LogP contribution >= 0.6 is 0 Å². The summed E-state index contributed by atoms with van der Waals surface area (Å²) >= 11 is 0. The molecule has 1 aliphatic heterocycles. The Hall–Kier alpha value is -4.00. The number of aromatic nitrogens is 3. The monoisotopic (exact) mass is 428 g/mol. The fourth-order valence-electron chi connectivity index (χ4n) is 4.09. The Kier molecular flexibility index (Phi) is 5.15. The van der Waals surface area contributed by atoms with Crippen LogP contribution in [0, 0.1) is 5.82 Å². The zero-order valence-corrected chi connectivity index (χ0v) is 17.3. The van der Waals surface area contributed by atoms with E-state index >= 15 is 0 Å². The summed E-state index contributed by atoms with van der Waals surface area (Å²) in [4.78, 5) is 18.0. The van der Waals surface area contributed by atoms with Crippen molar-refractivity contribution in [2.45, 2.75) is 12.5 Å². The summed E-state index contributed by atoms with van der Waals surface area (Å²) in [6.45, 7) is 4.78. The van der Waals surface area contributed by atoms with Crippen LogP contribution in [0.5, 0.6) is 11.5 Å². The molecule has 4 aromatic rings. The van der Waals surface area contributed by atoms with E-state index in [0.717, 1.165) is 17.3 Å². The van der Waals surface area contributed by atoms with E-state index in [1.54, 1.807) is 41.6 Å². The second-order valence-electron chi connectivity index (χ2n) is 7.68. The molecule has 0 bridgehead atoms. The number of pyridine rings is 1. The number of halogens is 1. The van der Waals surface area contributed by atoms with Crippen LogP contribution in [0.4, 0.5) is 4.39 Å². The van der Waals surface area contributed by atoms with Crippen molar-refractivity contribution in [1.29, 1.82) is 0 Å². The minimum Gasteiger partial charge on any atom is -0.454 e. The number of ether oxygens (including phenoxy) is 1. The average molecular weight is 428 g/mol. The van der Waals surface area contributed by atoms with Crippen molar-refractivity contribution in [3.8, 4) is 22.8 Å². The van der Waals surface area contributed by atoms with Crippen LogP contribution in [0.2, 0.25) is 0 Å². The van der Waals surface area contributed by atoms with Crippen molar-refractivity contribution in [2.75, 3.05) is 13.1 Å². The van der Waals surface area contributed by atoms with Gasteiger partial charge >= 0.3 is 0 Å². The van der Waals surface area contributed by atoms with Gasteiger partial charge in [-0.15, -0.1) is 0 Å². The number of hydrogen-bond donors (Lipinski definition) is 0. The molecule has 7 heteroatoms. The second-order valence-corrected chi connectivity index (χ2v) is 7.68. The van der Waals surface area contributed by atoms with Gasteiger partial charge in [0.15, 0.2) is 11.6 Å². The molecule has 0 spiro atoms. The Balaban J connectivity index is 1.49. The number of rotatable bonds is 5. The molecule has 0 aliphatic carbocycles. The maximum Gasteiger partial charge on any atom is 0.246 e. The molecular weight excluding hydrogens is 407 g/mol. The molecular formula is C25H21FN4O2. The normalized spacial score (nSPS) is 15.8. The fourth-order valence-corrected chi connectivity index (χ4v) is 4.09. The highest BCUT2D eigenvalue weighted by Gasteiger charge is 2.29. The molecule has 3 heterocycles. The van der Waals surface area contributed by atoms with Gasteiger partial charge in [0.25, 0.3) is 0 Å². The van der Waals surface area contributed by atoms with Crippen molar-refractivity contribution in [1.82, 2.24) is 19.7 Å². The maximum atomic E-state index is 14.9. The molecule has 1 fully saturated rings. The lowest BCUT2D eigenvalue weighted by atomic mass is 10.1. The Bertz CT molecular complexity index is 1300. The number of likely N-dealkylation sites (tertiary alicyclic amines) is 1. The van der Waals surface area contributed by atoms with E-state index in [-0.39, 0.29) is 17.7 Å². The van der Waals surface area contributed by atoms with Crippen LogP contribution in [-0.4, -0.2) is 38.7 Å². The molecule has 1 saturated heterocycles. The van der Waals surface area contributed by atoms with Gasteiger partial charge in [0.05, 0.1) is 11.6 Å². The summed E-state index contributed by atoms with van der Waals surface area (Å²) in [5.41, 5.74) is 2.18. The molecule has 32 heavy (non-hydrogen) atoms. The molecule has 160 valence electrons. The third-order valence-corrected chi connectivity index (χ3v) is 5.68. The molecule has 1 unspecified atom stereocenters. The Morgan fingerprint density at radius 3 is 2.81 bits per heavy atom. The molecule has 1 amide bonds. The number of fused-ring (bicyclic) bond motifs is 1. The van der Waals surface area contributed by atoms with Gasteiger partial charge in [-0.3, -0.25) is 14.5 Å². The zero-order valence-electron chi connectivity index (χ0n) is 17.3. The molecule has 0 saturated carbocycles. The van der Waals surface area contributed by atoms with E-state index in [4.69, 9.17) is 9.84 Å². The van der Waals surface area contributed by atoms with E-state index in [9.17, 15) is 9.18 Å². The predicted molar refractivity (Wildman–Crippen MR) is 120 cm³/mol. The first-order valence-electron chi connectivity index (χ1n) is 10.4. The Morgan fingerprint density at radius 2 is 2.03 bits per heavy atom. The van der Waals surface area contributed by atoms with Crippen LogP contribution in [0.1, 0.15) is 12.5 Å². The number of benzene rings is 2. The van der Waals surface area contributed by atoms with Gasteiger partial charge in [0.1, 0.15) is 11.4 Å². The Morgan fingerprint density at radius 1 is 1.19 bits per heavy atom. The van der Waals surface area contributed by atoms with Crippen LogP contribution in [0.15, 0.2) is 79.6 Å². The number of carbonyl (C=O) groups excluding carboxylic acids is 1. The summed E-state index contributed by atoms with van der Waals surface area (Å²) in [7, 11) is 0. The topological polar surface area (TPSA) is 60.2 Å². The number of carbonyl (C=O) groups is 1. The highest BCUT2D eigenvalue weighted by Crippen LogP contribution is 2.34. The van der Waals surface area contributed by atoms with Crippen LogP contribution < -0.4 is 4.74 Å². The van der Waals surface area contributed by atoms with Crippen molar-refractivity contribution in [2.24, 2.45) is 0 Å². The molecule has 6 nitrogen and oxygen atoms in total. The first kappa shape index (κ1) is 19.9. The first-order valence-corrected chi connectivity index (χ1v) is 10.4. The summed E-state index contributed by atoms with van der Waals surface area (Å²) in [6.07, 6.45) is 5.57. The number of para-hydroxylation sites is 1. The van der Waals surface area contributed by atoms with Gasteiger partial charge in [-0.2, -0.15) is 5.10 Å². The first-order chi connectivity index (χ1) is 15.6. The molecule has 2 aromatic heterocycles. The molecule has 0 N–H and O–H groups in total. The number of nitrogens with zero attached hydrogens (tertiary/aromatic N) is 4. The van der Waals surface area contributed by atoms with Gasteiger partial charge in [-0.1, -0.05) is 24.8 Å². The third kappa shape index (κ3) is 3.62. The molecule has 2 aromatic carbocycles. The third-order valence-electron chi connectivity index (χ3n) is 5.68. The summed E-state index contributed by atoms with van der Waals surface area (Å²) in [5.74, 6) is 0.164. The quantitative estimate of drug-likeness (QED) is 0.420. The number of hydrogen-bond acceptors (Lipinski definition) is 4. The lowest BCUT2D eigenvalue weighted by molar-refractivity contribution is -0.125. The van der Waals surface area contributed by atoms with E-state index in [1.807, 2.05) is 28.9 Å². The van der Waals surface area contributed by atoms with E-state index < -0.39 is 5.82 Å². The lowest BCUT2D eigenvalue weighted by Gasteiger charge is -2.15. The highest BCUT2D eigenvalue weighted by atomic mass is 19.1. The zero-order chi connectivity index (χ0) is 22.1. The summed E-state index contributed by atoms with van der Waals surface area (Å²) < 4.78 is 22.5. The number of amides is 1. The minimum atomic E-state index is -0.471. The standard InChI is InChI=1S/C25H21FN4O2/c1-2-24(31)29-13-11-18(16-29)30-22-10-12-27-15-20(22)25(28-30)17-8-9-23(21(26)14-17)32-19-6-4-3-5-7-19/h2-10,12,14-15,18H,1,11,13,16H2. The van der Waals surface area contributed by atoms with Crippen LogP contribution in [-0.2, 0) is 4.79 Å². The SMILES string of the molecule is C=CC(=O)N1CCC(n2nc(-c3ccc(Oc4ccccc4)c(F)c3)c3cnccc32)C1. The largest absolute Gasteiger partial charge is 0.454 e.